The zero-order valence-electron chi connectivity index (χ0n) is 10.7. The first kappa shape index (κ1) is 12.1. The lowest BCUT2D eigenvalue weighted by atomic mass is 9.88. The lowest BCUT2D eigenvalue weighted by molar-refractivity contribution is -0.0903. The third kappa shape index (κ3) is 2.67. The maximum absolute atomic E-state index is 5.95. The third-order valence-corrected chi connectivity index (χ3v) is 4.41. The zero-order valence-corrected chi connectivity index (χ0v) is 10.7. The molecule has 16 heavy (non-hydrogen) atoms. The average Bonchev–Trinajstić information content (AvgIpc) is 2.75. The molecular formula is C14H25NO. The number of hydrogen-bond acceptors (Lipinski definition) is 2. The van der Waals surface area contributed by atoms with Crippen LogP contribution in [-0.2, 0) is 4.74 Å². The van der Waals surface area contributed by atoms with Crippen molar-refractivity contribution >= 4 is 0 Å². The highest BCUT2D eigenvalue weighted by Crippen LogP contribution is 2.30. The topological polar surface area (TPSA) is 12.5 Å². The van der Waals surface area contributed by atoms with Crippen LogP contribution in [-0.4, -0.2) is 30.3 Å². The van der Waals surface area contributed by atoms with Gasteiger partial charge >= 0.3 is 0 Å². The minimum absolute atomic E-state index is 0.483. The Hall–Kier alpha value is -0.340. The summed E-state index contributed by atoms with van der Waals surface area (Å²) in [6.45, 7) is 10.6. The van der Waals surface area contributed by atoms with Crippen molar-refractivity contribution in [2.45, 2.75) is 51.7 Å². The van der Waals surface area contributed by atoms with E-state index in [9.17, 15) is 0 Å². The highest BCUT2D eigenvalue weighted by Gasteiger charge is 2.33. The summed E-state index contributed by atoms with van der Waals surface area (Å²) in [5.74, 6) is 1.29. The quantitative estimate of drug-likeness (QED) is 0.679. The molecule has 2 nitrogen and oxygen atoms in total. The molecule has 4 atom stereocenters. The van der Waals surface area contributed by atoms with Crippen LogP contribution in [0.25, 0.3) is 0 Å². The van der Waals surface area contributed by atoms with Crippen molar-refractivity contribution in [2.75, 3.05) is 13.3 Å². The maximum Gasteiger partial charge on any atom is 0.0996 e. The summed E-state index contributed by atoms with van der Waals surface area (Å²) in [6, 6.07) is 0.810. The lowest BCUT2D eigenvalue weighted by Gasteiger charge is -2.36. The molecule has 92 valence electrons. The van der Waals surface area contributed by atoms with Crippen LogP contribution in [0.5, 0.6) is 0 Å². The Morgan fingerprint density at radius 1 is 1.50 bits per heavy atom. The maximum atomic E-state index is 5.95. The first-order chi connectivity index (χ1) is 7.70. The first-order valence-electron chi connectivity index (χ1n) is 6.69. The van der Waals surface area contributed by atoms with Gasteiger partial charge in [0.2, 0.25) is 0 Å². The molecule has 0 N–H and O–H groups in total. The van der Waals surface area contributed by atoms with Crippen LogP contribution in [0.15, 0.2) is 12.7 Å². The van der Waals surface area contributed by atoms with Crippen molar-refractivity contribution in [3.8, 4) is 0 Å². The van der Waals surface area contributed by atoms with E-state index in [1.54, 1.807) is 0 Å². The normalized spacial score (nSPS) is 34.4. The Labute approximate surface area is 99.7 Å². The van der Waals surface area contributed by atoms with E-state index in [-0.39, 0.29) is 0 Å². The van der Waals surface area contributed by atoms with E-state index < -0.39 is 0 Å². The molecule has 2 saturated heterocycles. The number of nitrogens with zero attached hydrogens (tertiary/aromatic N) is 1. The molecule has 2 heterocycles. The smallest absolute Gasteiger partial charge is 0.0996 e. The molecule has 0 saturated carbocycles. The molecule has 0 aromatic rings. The molecule has 2 rings (SSSR count). The molecule has 0 amide bonds. The highest BCUT2D eigenvalue weighted by molar-refractivity contribution is 4.86. The van der Waals surface area contributed by atoms with Crippen LogP contribution in [0.2, 0.25) is 0 Å². The van der Waals surface area contributed by atoms with E-state index in [0.717, 1.165) is 12.8 Å². The number of hydrogen-bond donors (Lipinski definition) is 0. The molecule has 2 fully saturated rings. The Morgan fingerprint density at radius 2 is 2.31 bits per heavy atom. The standard InChI is InChI=1S/C14H25NO/c1-4-11(2)12(3)8-14-9-13-6-5-7-15(13)10-16-14/h4,11-14H,1,5-10H2,2-3H3. The SMILES string of the molecule is C=CC(C)C(C)CC1CC2CCCN2CO1. The average molecular weight is 223 g/mol. The minimum Gasteiger partial charge on any atom is -0.363 e. The second-order valence-corrected chi connectivity index (χ2v) is 5.57. The Balaban J connectivity index is 1.80. The summed E-state index contributed by atoms with van der Waals surface area (Å²) >= 11 is 0. The molecule has 0 spiro atoms. The predicted octanol–water partition coefficient (Wildman–Crippen LogP) is 3.05. The fourth-order valence-corrected chi connectivity index (χ4v) is 2.93. The van der Waals surface area contributed by atoms with Crippen LogP contribution < -0.4 is 0 Å². The van der Waals surface area contributed by atoms with Crippen molar-refractivity contribution in [2.24, 2.45) is 11.8 Å². The third-order valence-electron chi connectivity index (χ3n) is 4.41. The number of allylic oxidation sites excluding steroid dienone is 1. The van der Waals surface area contributed by atoms with Crippen LogP contribution in [0, 0.1) is 11.8 Å². The Morgan fingerprint density at radius 3 is 3.06 bits per heavy atom. The molecule has 4 unspecified atom stereocenters. The van der Waals surface area contributed by atoms with Gasteiger partial charge in [-0.1, -0.05) is 19.9 Å². The van der Waals surface area contributed by atoms with Gasteiger partial charge in [-0.2, -0.15) is 0 Å². The molecule has 2 heteroatoms. The van der Waals surface area contributed by atoms with Gasteiger partial charge in [-0.25, -0.2) is 0 Å². The van der Waals surface area contributed by atoms with Crippen LogP contribution >= 0.6 is 0 Å². The van der Waals surface area contributed by atoms with Crippen LogP contribution in [0.1, 0.15) is 39.5 Å². The van der Waals surface area contributed by atoms with Gasteiger partial charge in [-0.3, -0.25) is 4.90 Å². The van der Waals surface area contributed by atoms with E-state index in [1.807, 2.05) is 0 Å². The van der Waals surface area contributed by atoms with Gasteiger partial charge < -0.3 is 4.74 Å². The number of fused-ring (bicyclic) bond motifs is 1. The molecule has 2 aliphatic rings. The summed E-state index contributed by atoms with van der Waals surface area (Å²) in [5.41, 5.74) is 0. The van der Waals surface area contributed by atoms with E-state index in [1.165, 1.54) is 32.2 Å². The predicted molar refractivity (Wildman–Crippen MR) is 67.2 cm³/mol. The molecule has 2 aliphatic heterocycles. The highest BCUT2D eigenvalue weighted by atomic mass is 16.5. The van der Waals surface area contributed by atoms with Crippen molar-refractivity contribution < 1.29 is 4.74 Å². The van der Waals surface area contributed by atoms with E-state index >= 15 is 0 Å². The fourth-order valence-electron chi connectivity index (χ4n) is 2.93. The second kappa shape index (κ2) is 5.33. The second-order valence-electron chi connectivity index (χ2n) is 5.57. The van der Waals surface area contributed by atoms with E-state index in [2.05, 4.69) is 31.4 Å². The van der Waals surface area contributed by atoms with Crippen molar-refractivity contribution in [1.29, 1.82) is 0 Å². The number of ether oxygens (including phenoxy) is 1. The molecule has 0 aromatic heterocycles. The zero-order chi connectivity index (χ0) is 11.5. The first-order valence-corrected chi connectivity index (χ1v) is 6.69. The summed E-state index contributed by atoms with van der Waals surface area (Å²) < 4.78 is 5.95. The monoisotopic (exact) mass is 223 g/mol. The van der Waals surface area contributed by atoms with Gasteiger partial charge in [0.05, 0.1) is 12.8 Å². The molecule has 0 aliphatic carbocycles. The minimum atomic E-state index is 0.483. The molecule has 0 bridgehead atoms. The Kier molecular flexibility index (Phi) is 4.04. The van der Waals surface area contributed by atoms with E-state index in [0.29, 0.717) is 17.9 Å². The fraction of sp³-hybridized carbons (Fsp3) is 0.857. The van der Waals surface area contributed by atoms with Gasteiger partial charge in [-0.05, 0) is 37.5 Å². The van der Waals surface area contributed by atoms with Gasteiger partial charge in [0.15, 0.2) is 0 Å². The van der Waals surface area contributed by atoms with Crippen molar-refractivity contribution in [1.82, 2.24) is 4.90 Å². The largest absolute Gasteiger partial charge is 0.363 e. The van der Waals surface area contributed by atoms with Crippen LogP contribution in [0.3, 0.4) is 0 Å². The lowest BCUT2D eigenvalue weighted by Crippen LogP contribution is -2.42. The van der Waals surface area contributed by atoms with Gasteiger partial charge in [0.25, 0.3) is 0 Å². The van der Waals surface area contributed by atoms with Gasteiger partial charge in [-0.15, -0.1) is 6.58 Å². The summed E-state index contributed by atoms with van der Waals surface area (Å²) in [5, 5.41) is 0. The van der Waals surface area contributed by atoms with Crippen molar-refractivity contribution in [3.05, 3.63) is 12.7 Å². The summed E-state index contributed by atoms with van der Waals surface area (Å²) in [7, 11) is 0. The van der Waals surface area contributed by atoms with Gasteiger partial charge in [0.1, 0.15) is 0 Å². The summed E-state index contributed by atoms with van der Waals surface area (Å²) in [4.78, 5) is 2.50. The Bertz CT molecular complexity index is 241. The van der Waals surface area contributed by atoms with Crippen molar-refractivity contribution in [3.63, 3.8) is 0 Å². The molecular weight excluding hydrogens is 198 g/mol. The van der Waals surface area contributed by atoms with E-state index in [4.69, 9.17) is 4.74 Å². The molecule has 0 radical (unpaired) electrons. The molecule has 0 aromatic carbocycles. The summed E-state index contributed by atoms with van der Waals surface area (Å²) in [6.07, 6.45) is 7.72. The van der Waals surface area contributed by atoms with Crippen LogP contribution in [0.4, 0.5) is 0 Å². The van der Waals surface area contributed by atoms with Gasteiger partial charge in [0, 0.05) is 12.6 Å². The number of rotatable bonds is 4.